The third-order valence-corrected chi connectivity index (χ3v) is 4.64. The zero-order chi connectivity index (χ0) is 21.5. The number of amides is 1. The van der Waals surface area contributed by atoms with Crippen LogP contribution in [0.4, 0.5) is 11.5 Å². The van der Waals surface area contributed by atoms with E-state index in [2.05, 4.69) is 37.5 Å². The first-order chi connectivity index (χ1) is 15.2. The number of hydrogen-bond donors (Lipinski definition) is 2. The molecule has 0 saturated carbocycles. The van der Waals surface area contributed by atoms with Gasteiger partial charge in [0, 0.05) is 48.1 Å². The maximum atomic E-state index is 12.4. The number of carbonyl (C=O) groups excluding carboxylic acids is 1. The number of pyridine rings is 2. The zero-order valence-corrected chi connectivity index (χ0v) is 17.1. The maximum absolute atomic E-state index is 12.4. The Morgan fingerprint density at radius 2 is 1.81 bits per heavy atom. The van der Waals surface area contributed by atoms with Crippen LogP contribution < -0.4 is 10.6 Å². The molecular formula is C24H22N6O. The van der Waals surface area contributed by atoms with Crippen LogP contribution in [0.2, 0.25) is 0 Å². The topological polar surface area (TPSA) is 92.7 Å². The Bertz CT molecular complexity index is 1170. The fourth-order valence-corrected chi connectivity index (χ4v) is 3.04. The van der Waals surface area contributed by atoms with Gasteiger partial charge in [-0.05, 0) is 48.4 Å². The lowest BCUT2D eigenvalue weighted by molar-refractivity contribution is 0.102. The summed E-state index contributed by atoms with van der Waals surface area (Å²) in [5.74, 6) is 1.16. The normalized spacial score (nSPS) is 10.5. The first-order valence-corrected chi connectivity index (χ1v) is 10.0. The Kier molecular flexibility index (Phi) is 6.23. The van der Waals surface area contributed by atoms with Gasteiger partial charge in [0.2, 0.25) is 0 Å². The molecule has 0 aliphatic carbocycles. The van der Waals surface area contributed by atoms with Crippen LogP contribution in [0.5, 0.6) is 0 Å². The zero-order valence-electron chi connectivity index (χ0n) is 17.1. The van der Waals surface area contributed by atoms with Gasteiger partial charge in [0.25, 0.3) is 5.91 Å². The molecular weight excluding hydrogens is 388 g/mol. The van der Waals surface area contributed by atoms with Crippen LogP contribution in [-0.2, 0) is 13.0 Å². The highest BCUT2D eigenvalue weighted by atomic mass is 16.1. The molecule has 3 heterocycles. The van der Waals surface area contributed by atoms with E-state index >= 15 is 0 Å². The summed E-state index contributed by atoms with van der Waals surface area (Å²) in [4.78, 5) is 29.9. The number of aromatic nitrogens is 4. The molecule has 0 aliphatic rings. The highest BCUT2D eigenvalue weighted by Gasteiger charge is 2.08. The van der Waals surface area contributed by atoms with Crippen LogP contribution in [0.1, 0.15) is 28.5 Å². The molecule has 0 atom stereocenters. The van der Waals surface area contributed by atoms with Crippen LogP contribution in [-0.4, -0.2) is 25.8 Å². The Morgan fingerprint density at radius 1 is 0.935 bits per heavy atom. The Hall–Kier alpha value is -4.13. The second-order valence-corrected chi connectivity index (χ2v) is 6.88. The van der Waals surface area contributed by atoms with E-state index in [1.54, 1.807) is 30.7 Å². The highest BCUT2D eigenvalue weighted by Crippen LogP contribution is 2.18. The minimum atomic E-state index is -0.170. The number of carbonyl (C=O) groups is 1. The van der Waals surface area contributed by atoms with Crippen molar-refractivity contribution in [3.63, 3.8) is 0 Å². The summed E-state index contributed by atoms with van der Waals surface area (Å²) in [5, 5.41) is 6.28. The number of aryl methyl sites for hydroxylation is 1. The van der Waals surface area contributed by atoms with E-state index in [0.717, 1.165) is 34.9 Å². The van der Waals surface area contributed by atoms with Gasteiger partial charge in [-0.15, -0.1) is 0 Å². The SMILES string of the molecule is CCc1cc(NCc2cccc(NC(=O)c3ccncc3)c2)nc(-c2ccccn2)n1. The van der Waals surface area contributed by atoms with Gasteiger partial charge in [-0.25, -0.2) is 9.97 Å². The first-order valence-electron chi connectivity index (χ1n) is 10.0. The number of benzene rings is 1. The van der Waals surface area contributed by atoms with Crippen molar-refractivity contribution in [3.8, 4) is 11.5 Å². The minimum Gasteiger partial charge on any atom is -0.366 e. The summed E-state index contributed by atoms with van der Waals surface area (Å²) in [6, 6.07) is 18.7. The van der Waals surface area contributed by atoms with Crippen LogP contribution in [0, 0.1) is 0 Å². The van der Waals surface area contributed by atoms with Crippen molar-refractivity contribution in [2.75, 3.05) is 10.6 Å². The smallest absolute Gasteiger partial charge is 0.255 e. The van der Waals surface area contributed by atoms with Gasteiger partial charge in [-0.2, -0.15) is 0 Å². The largest absolute Gasteiger partial charge is 0.366 e. The Balaban J connectivity index is 1.47. The third kappa shape index (κ3) is 5.27. The summed E-state index contributed by atoms with van der Waals surface area (Å²) in [6.07, 6.45) is 5.73. The molecule has 7 heteroatoms. The van der Waals surface area contributed by atoms with Gasteiger partial charge in [-0.1, -0.05) is 25.1 Å². The van der Waals surface area contributed by atoms with Gasteiger partial charge in [0.1, 0.15) is 11.5 Å². The van der Waals surface area contributed by atoms with E-state index in [1.807, 2.05) is 48.5 Å². The number of anilines is 2. The van der Waals surface area contributed by atoms with Crippen molar-refractivity contribution in [1.29, 1.82) is 0 Å². The van der Waals surface area contributed by atoms with Gasteiger partial charge < -0.3 is 10.6 Å². The molecule has 0 bridgehead atoms. The van der Waals surface area contributed by atoms with Gasteiger partial charge in [-0.3, -0.25) is 14.8 Å². The molecule has 0 fully saturated rings. The van der Waals surface area contributed by atoms with Crippen molar-refractivity contribution in [2.24, 2.45) is 0 Å². The monoisotopic (exact) mass is 410 g/mol. The van der Waals surface area contributed by atoms with Gasteiger partial charge in [0.15, 0.2) is 5.82 Å². The fraction of sp³-hybridized carbons (Fsp3) is 0.125. The lowest BCUT2D eigenvalue weighted by atomic mass is 10.2. The van der Waals surface area contributed by atoms with Crippen molar-refractivity contribution >= 4 is 17.4 Å². The molecule has 0 saturated heterocycles. The molecule has 0 spiro atoms. The maximum Gasteiger partial charge on any atom is 0.255 e. The quantitative estimate of drug-likeness (QED) is 0.470. The third-order valence-electron chi connectivity index (χ3n) is 4.64. The molecule has 7 nitrogen and oxygen atoms in total. The molecule has 1 aromatic carbocycles. The van der Waals surface area contributed by atoms with Gasteiger partial charge in [0.05, 0.1) is 0 Å². The van der Waals surface area contributed by atoms with E-state index in [1.165, 1.54) is 0 Å². The second-order valence-electron chi connectivity index (χ2n) is 6.88. The molecule has 2 N–H and O–H groups in total. The van der Waals surface area contributed by atoms with E-state index in [9.17, 15) is 4.79 Å². The van der Waals surface area contributed by atoms with Crippen molar-refractivity contribution in [3.05, 3.63) is 96.1 Å². The molecule has 1 amide bonds. The lowest BCUT2D eigenvalue weighted by Crippen LogP contribution is -2.12. The predicted octanol–water partition coefficient (Wildman–Crippen LogP) is 4.36. The molecule has 4 rings (SSSR count). The lowest BCUT2D eigenvalue weighted by Gasteiger charge is -2.11. The summed E-state index contributed by atoms with van der Waals surface area (Å²) >= 11 is 0. The Labute approximate surface area is 180 Å². The van der Waals surface area contributed by atoms with Gasteiger partial charge >= 0.3 is 0 Å². The summed E-state index contributed by atoms with van der Waals surface area (Å²) in [6.45, 7) is 2.62. The second kappa shape index (κ2) is 9.58. The van der Waals surface area contributed by atoms with Crippen LogP contribution in [0.15, 0.2) is 79.3 Å². The van der Waals surface area contributed by atoms with Crippen LogP contribution >= 0.6 is 0 Å². The Morgan fingerprint density at radius 3 is 2.58 bits per heavy atom. The summed E-state index contributed by atoms with van der Waals surface area (Å²) in [5.41, 5.74) is 3.99. The van der Waals surface area contributed by atoms with E-state index < -0.39 is 0 Å². The molecule has 31 heavy (non-hydrogen) atoms. The van der Waals surface area contributed by atoms with Crippen molar-refractivity contribution in [1.82, 2.24) is 19.9 Å². The average Bonchev–Trinajstić information content (AvgIpc) is 2.84. The molecule has 4 aromatic rings. The molecule has 0 aliphatic heterocycles. The molecule has 0 unspecified atom stereocenters. The van der Waals surface area contributed by atoms with Crippen LogP contribution in [0.3, 0.4) is 0 Å². The van der Waals surface area contributed by atoms with E-state index in [-0.39, 0.29) is 5.91 Å². The number of nitrogens with one attached hydrogen (secondary N) is 2. The van der Waals surface area contributed by atoms with Crippen LogP contribution in [0.25, 0.3) is 11.5 Å². The molecule has 3 aromatic heterocycles. The van der Waals surface area contributed by atoms with E-state index in [4.69, 9.17) is 0 Å². The minimum absolute atomic E-state index is 0.170. The number of rotatable bonds is 7. The average molecular weight is 410 g/mol. The molecule has 154 valence electrons. The molecule has 0 radical (unpaired) electrons. The fourth-order valence-electron chi connectivity index (χ4n) is 3.04. The van der Waals surface area contributed by atoms with E-state index in [0.29, 0.717) is 17.9 Å². The summed E-state index contributed by atoms with van der Waals surface area (Å²) in [7, 11) is 0. The first kappa shape index (κ1) is 20.2. The summed E-state index contributed by atoms with van der Waals surface area (Å²) < 4.78 is 0. The number of nitrogens with zero attached hydrogens (tertiary/aromatic N) is 4. The van der Waals surface area contributed by atoms with Crippen molar-refractivity contribution in [2.45, 2.75) is 19.9 Å². The number of hydrogen-bond acceptors (Lipinski definition) is 6. The van der Waals surface area contributed by atoms with Crippen molar-refractivity contribution < 1.29 is 4.79 Å². The highest BCUT2D eigenvalue weighted by molar-refractivity contribution is 6.04. The predicted molar refractivity (Wildman–Crippen MR) is 121 cm³/mol. The standard InChI is InChI=1S/C24H22N6O/c1-2-19-15-22(30-23(28-19)21-8-3-4-11-26-21)27-16-17-6-5-7-20(14-17)29-24(31)18-9-12-25-13-10-18/h3-15H,2,16H2,1H3,(H,29,31)(H,27,28,30).